The highest BCUT2D eigenvalue weighted by Gasteiger charge is 2.28. The van der Waals surface area contributed by atoms with Gasteiger partial charge in [-0.05, 0) is 70.2 Å². The zero-order chi connectivity index (χ0) is 26.8. The number of thiazole rings is 1. The van der Waals surface area contributed by atoms with Gasteiger partial charge in [0.1, 0.15) is 11.8 Å². The summed E-state index contributed by atoms with van der Waals surface area (Å²) < 4.78 is 29.8. The van der Waals surface area contributed by atoms with Crippen molar-refractivity contribution in [2.24, 2.45) is 0 Å². The average Bonchev–Trinajstić information content (AvgIpc) is 3.32. The van der Waals surface area contributed by atoms with Crippen molar-refractivity contribution in [2.45, 2.75) is 68.8 Å². The van der Waals surface area contributed by atoms with Gasteiger partial charge in [0.05, 0.1) is 14.8 Å². The first-order valence-electron chi connectivity index (χ1n) is 12.0. The maximum absolute atomic E-state index is 13.5. The Morgan fingerprint density at radius 1 is 1.08 bits per heavy atom. The second-order valence-electron chi connectivity index (χ2n) is 10.2. The minimum atomic E-state index is -3.88. The molecule has 1 aliphatic carbocycles. The molecular weight excluding hydrogens is 510 g/mol. The van der Waals surface area contributed by atoms with Gasteiger partial charge in [0.15, 0.2) is 0 Å². The Hall–Kier alpha value is -3.33. The topological polar surface area (TPSA) is 145 Å². The molecule has 0 bridgehead atoms. The molecule has 11 heteroatoms. The first-order valence-corrected chi connectivity index (χ1v) is 14.3. The Kier molecular flexibility index (Phi) is 7.64. The summed E-state index contributed by atoms with van der Waals surface area (Å²) in [5, 5.41) is 21.5. The monoisotopic (exact) mass is 539 g/mol. The zero-order valence-corrected chi connectivity index (χ0v) is 22.5. The summed E-state index contributed by atoms with van der Waals surface area (Å²) in [7, 11) is -3.88. The number of carboxylic acid groups (broad SMARTS) is 1. The van der Waals surface area contributed by atoms with Crippen LogP contribution in [0.15, 0.2) is 47.6 Å². The lowest BCUT2D eigenvalue weighted by atomic mass is 9.86. The molecule has 0 aliphatic heterocycles. The van der Waals surface area contributed by atoms with E-state index in [2.05, 4.69) is 20.0 Å². The molecule has 0 unspecified atom stereocenters. The van der Waals surface area contributed by atoms with Crippen LogP contribution in [-0.2, 0) is 10.0 Å². The molecule has 3 N–H and O–H groups in total. The van der Waals surface area contributed by atoms with Gasteiger partial charge in [-0.2, -0.15) is 5.26 Å². The molecule has 0 saturated heterocycles. The van der Waals surface area contributed by atoms with E-state index in [4.69, 9.17) is 10.4 Å². The molecule has 3 aromatic rings. The lowest BCUT2D eigenvalue weighted by Gasteiger charge is -2.27. The number of benzene rings is 1. The van der Waals surface area contributed by atoms with Crippen LogP contribution in [0.4, 0.5) is 4.79 Å². The zero-order valence-electron chi connectivity index (χ0n) is 20.9. The van der Waals surface area contributed by atoms with Gasteiger partial charge in [-0.25, -0.2) is 27.9 Å². The fourth-order valence-corrected chi connectivity index (χ4v) is 7.33. The molecule has 4 rings (SSSR count). The van der Waals surface area contributed by atoms with Crippen molar-refractivity contribution in [1.82, 2.24) is 20.0 Å². The summed E-state index contributed by atoms with van der Waals surface area (Å²) in [5.41, 5.74) is 1.54. The van der Waals surface area contributed by atoms with Gasteiger partial charge in [-0.1, -0.05) is 12.1 Å². The van der Waals surface area contributed by atoms with Crippen molar-refractivity contribution in [1.29, 1.82) is 5.26 Å². The number of nitriles is 1. The van der Waals surface area contributed by atoms with E-state index in [9.17, 15) is 13.2 Å². The van der Waals surface area contributed by atoms with E-state index in [1.54, 1.807) is 57.4 Å². The van der Waals surface area contributed by atoms with E-state index in [0.717, 1.165) is 35.6 Å². The Morgan fingerprint density at radius 2 is 1.78 bits per heavy atom. The van der Waals surface area contributed by atoms with E-state index in [-0.39, 0.29) is 22.5 Å². The summed E-state index contributed by atoms with van der Waals surface area (Å²) >= 11 is 1.47. The highest BCUT2D eigenvalue weighted by atomic mass is 32.2. The molecule has 1 saturated carbocycles. The Labute approximate surface area is 220 Å². The molecule has 1 fully saturated rings. The number of amides is 1. The number of aromatic nitrogens is 2. The van der Waals surface area contributed by atoms with Gasteiger partial charge in [-0.15, -0.1) is 11.3 Å². The van der Waals surface area contributed by atoms with Crippen LogP contribution in [0.1, 0.15) is 63.1 Å². The number of sulfonamides is 1. The van der Waals surface area contributed by atoms with E-state index < -0.39 is 21.7 Å². The SMILES string of the molecule is CC(C)(C)NS(=O)(=O)c1cc(-c2ccc(C#N)nc2)ccc1-c1cnc([C@H]2CC[C@H](NC(=O)O)CC2)s1. The van der Waals surface area contributed by atoms with Crippen molar-refractivity contribution in [2.75, 3.05) is 0 Å². The van der Waals surface area contributed by atoms with Crippen LogP contribution in [0, 0.1) is 11.3 Å². The molecule has 1 aliphatic rings. The molecule has 2 heterocycles. The maximum Gasteiger partial charge on any atom is 0.404 e. The molecule has 194 valence electrons. The van der Waals surface area contributed by atoms with E-state index in [0.29, 0.717) is 16.7 Å². The van der Waals surface area contributed by atoms with E-state index in [1.807, 2.05) is 12.1 Å². The Balaban J connectivity index is 1.68. The van der Waals surface area contributed by atoms with Crippen LogP contribution in [0.25, 0.3) is 21.6 Å². The fraction of sp³-hybridized carbons (Fsp3) is 0.385. The number of carbonyl (C=O) groups is 1. The molecule has 0 radical (unpaired) electrons. The summed E-state index contributed by atoms with van der Waals surface area (Å²) in [6.45, 7) is 5.37. The van der Waals surface area contributed by atoms with Crippen molar-refractivity contribution in [3.8, 4) is 27.6 Å². The predicted molar refractivity (Wildman–Crippen MR) is 142 cm³/mol. The first kappa shape index (κ1) is 26.7. The van der Waals surface area contributed by atoms with Crippen molar-refractivity contribution in [3.63, 3.8) is 0 Å². The summed E-state index contributed by atoms with van der Waals surface area (Å²) in [5.74, 6) is 0.211. The van der Waals surface area contributed by atoms with Crippen LogP contribution in [0.3, 0.4) is 0 Å². The third kappa shape index (κ3) is 6.52. The number of rotatable bonds is 6. The third-order valence-corrected chi connectivity index (χ3v) is 9.11. The van der Waals surface area contributed by atoms with Gasteiger partial charge in [-0.3, -0.25) is 0 Å². The molecule has 0 spiro atoms. The van der Waals surface area contributed by atoms with Crippen LogP contribution in [0.5, 0.6) is 0 Å². The maximum atomic E-state index is 13.5. The van der Waals surface area contributed by atoms with Crippen molar-refractivity contribution in [3.05, 3.63) is 53.4 Å². The van der Waals surface area contributed by atoms with Crippen LogP contribution < -0.4 is 10.0 Å². The second kappa shape index (κ2) is 10.6. The molecule has 9 nitrogen and oxygen atoms in total. The largest absolute Gasteiger partial charge is 0.465 e. The van der Waals surface area contributed by atoms with Gasteiger partial charge in [0.25, 0.3) is 0 Å². The highest BCUT2D eigenvalue weighted by molar-refractivity contribution is 7.89. The normalized spacial score (nSPS) is 18.2. The molecule has 1 amide bonds. The number of hydrogen-bond donors (Lipinski definition) is 3. The third-order valence-electron chi connectivity index (χ3n) is 6.12. The Bertz CT molecular complexity index is 1430. The van der Waals surface area contributed by atoms with E-state index in [1.165, 1.54) is 11.3 Å². The number of nitrogens with zero attached hydrogens (tertiary/aromatic N) is 3. The number of hydrogen-bond acceptors (Lipinski definition) is 7. The van der Waals surface area contributed by atoms with Gasteiger partial charge in [0, 0.05) is 41.0 Å². The average molecular weight is 540 g/mol. The van der Waals surface area contributed by atoms with E-state index >= 15 is 0 Å². The molecule has 2 aromatic heterocycles. The lowest BCUT2D eigenvalue weighted by Crippen LogP contribution is -2.40. The predicted octanol–water partition coefficient (Wildman–Crippen LogP) is 5.11. The van der Waals surface area contributed by atoms with Crippen molar-refractivity contribution >= 4 is 27.5 Å². The van der Waals surface area contributed by atoms with Gasteiger partial charge < -0.3 is 10.4 Å². The number of nitrogens with one attached hydrogen (secondary N) is 2. The van der Waals surface area contributed by atoms with Crippen LogP contribution in [-0.4, -0.2) is 41.2 Å². The van der Waals surface area contributed by atoms with Gasteiger partial charge >= 0.3 is 6.09 Å². The lowest BCUT2D eigenvalue weighted by molar-refractivity contribution is 0.185. The molecule has 0 atom stereocenters. The minimum absolute atomic E-state index is 0.0438. The fourth-order valence-electron chi connectivity index (χ4n) is 4.48. The molecule has 1 aromatic carbocycles. The smallest absolute Gasteiger partial charge is 0.404 e. The van der Waals surface area contributed by atoms with Crippen LogP contribution in [0.2, 0.25) is 0 Å². The van der Waals surface area contributed by atoms with Gasteiger partial charge in [0.2, 0.25) is 10.0 Å². The Morgan fingerprint density at radius 3 is 2.38 bits per heavy atom. The van der Waals surface area contributed by atoms with Crippen molar-refractivity contribution < 1.29 is 18.3 Å². The standard InChI is InChI=1S/C26H29N5O4S2/c1-26(2,3)31-37(34,35)23-12-17(18-6-10-20(13-27)28-14-18)7-11-21(23)22-15-29-24(36-22)16-4-8-19(9-5-16)30-25(32)33/h6-7,10-12,14-16,19,30-31H,4-5,8-9H2,1-3H3,(H,32,33)/t16-,19-. The molecular formula is C26H29N5O4S2. The quantitative estimate of drug-likeness (QED) is 0.394. The second-order valence-corrected chi connectivity index (χ2v) is 12.9. The van der Waals surface area contributed by atoms with Crippen LogP contribution >= 0.6 is 11.3 Å². The minimum Gasteiger partial charge on any atom is -0.465 e. The molecule has 37 heavy (non-hydrogen) atoms. The summed E-state index contributed by atoms with van der Waals surface area (Å²) in [6.07, 6.45) is 5.40. The summed E-state index contributed by atoms with van der Waals surface area (Å²) in [4.78, 5) is 20.6. The number of pyridine rings is 1. The first-order chi connectivity index (χ1) is 17.4. The summed E-state index contributed by atoms with van der Waals surface area (Å²) in [6, 6.07) is 10.5. The highest BCUT2D eigenvalue weighted by Crippen LogP contribution is 2.40.